The molecule has 0 heterocycles. The van der Waals surface area contributed by atoms with E-state index in [0.717, 1.165) is 16.3 Å². The van der Waals surface area contributed by atoms with Crippen molar-refractivity contribution in [2.24, 2.45) is 0 Å². The summed E-state index contributed by atoms with van der Waals surface area (Å²) in [6.45, 7) is 5.32. The zero-order valence-electron chi connectivity index (χ0n) is 21.9. The summed E-state index contributed by atoms with van der Waals surface area (Å²) >= 11 is 5.97. The zero-order chi connectivity index (χ0) is 27.7. The van der Waals surface area contributed by atoms with Gasteiger partial charge in [0.15, 0.2) is 0 Å². The van der Waals surface area contributed by atoms with Crippen LogP contribution in [0.15, 0.2) is 89.8 Å². The second-order valence-electron chi connectivity index (χ2n) is 9.12. The van der Waals surface area contributed by atoms with Crippen molar-refractivity contribution in [2.75, 3.05) is 17.4 Å². The molecule has 0 aliphatic heterocycles. The van der Waals surface area contributed by atoms with Gasteiger partial charge in [-0.1, -0.05) is 67.1 Å². The topological polar surface area (TPSA) is 86.8 Å². The Kier molecular flexibility index (Phi) is 10.3. The number of rotatable bonds is 12. The molecule has 7 nitrogen and oxygen atoms in total. The van der Waals surface area contributed by atoms with Gasteiger partial charge in [-0.15, -0.1) is 0 Å². The summed E-state index contributed by atoms with van der Waals surface area (Å²) in [7, 11) is -4.11. The van der Waals surface area contributed by atoms with Crippen molar-refractivity contribution in [1.29, 1.82) is 0 Å². The highest BCUT2D eigenvalue weighted by atomic mass is 35.5. The van der Waals surface area contributed by atoms with Crippen molar-refractivity contribution in [3.63, 3.8) is 0 Å². The van der Waals surface area contributed by atoms with Crippen molar-refractivity contribution in [2.45, 2.75) is 50.6 Å². The van der Waals surface area contributed by atoms with E-state index in [1.165, 1.54) is 29.2 Å². The van der Waals surface area contributed by atoms with E-state index in [1.807, 2.05) is 44.2 Å². The molecule has 0 saturated heterocycles. The average molecular weight is 556 g/mol. The lowest BCUT2D eigenvalue weighted by Crippen LogP contribution is -2.53. The summed E-state index contributed by atoms with van der Waals surface area (Å²) in [4.78, 5) is 28.3. The van der Waals surface area contributed by atoms with Crippen molar-refractivity contribution in [3.8, 4) is 0 Å². The molecule has 0 aromatic heterocycles. The van der Waals surface area contributed by atoms with Gasteiger partial charge in [0.05, 0.1) is 10.6 Å². The van der Waals surface area contributed by atoms with Crippen molar-refractivity contribution in [1.82, 2.24) is 10.2 Å². The van der Waals surface area contributed by atoms with Crippen LogP contribution in [0.25, 0.3) is 0 Å². The molecule has 1 N–H and O–H groups in total. The van der Waals surface area contributed by atoms with Crippen LogP contribution < -0.4 is 9.62 Å². The maximum absolute atomic E-state index is 13.8. The molecule has 2 amide bonds. The number of carbonyl (C=O) groups excluding carboxylic acids is 2. The molecule has 3 rings (SSSR count). The van der Waals surface area contributed by atoms with Crippen LogP contribution in [-0.2, 0) is 26.0 Å². The van der Waals surface area contributed by atoms with Gasteiger partial charge in [-0.2, -0.15) is 0 Å². The average Bonchev–Trinajstić information content (AvgIpc) is 2.92. The fourth-order valence-corrected chi connectivity index (χ4v) is 5.43. The van der Waals surface area contributed by atoms with Crippen molar-refractivity contribution >= 4 is 39.1 Å². The molecule has 3 aromatic rings. The lowest BCUT2D eigenvalue weighted by atomic mass is 10.1. The zero-order valence-corrected chi connectivity index (χ0v) is 23.5. The third-order valence-electron chi connectivity index (χ3n) is 6.38. The fraction of sp³-hybridized carbons (Fsp3) is 0.310. The molecule has 0 saturated carbocycles. The Morgan fingerprint density at radius 1 is 0.895 bits per heavy atom. The second kappa shape index (κ2) is 13.4. The Bertz CT molecular complexity index is 1300. The number of carbonyl (C=O) groups is 2. The number of nitrogens with one attached hydrogen (secondary N) is 1. The number of hydrogen-bond acceptors (Lipinski definition) is 4. The molecule has 0 fully saturated rings. The molecule has 0 spiro atoms. The Hall–Kier alpha value is -3.36. The highest BCUT2D eigenvalue weighted by Gasteiger charge is 2.32. The molecule has 202 valence electrons. The number of sulfonamides is 1. The Labute approximate surface area is 230 Å². The third kappa shape index (κ3) is 7.58. The highest BCUT2D eigenvalue weighted by molar-refractivity contribution is 7.92. The molecule has 0 aliphatic rings. The molecule has 0 bridgehead atoms. The van der Waals surface area contributed by atoms with E-state index < -0.39 is 28.5 Å². The third-order valence-corrected chi connectivity index (χ3v) is 8.42. The molecule has 0 aliphatic carbocycles. The van der Waals surface area contributed by atoms with Crippen molar-refractivity contribution < 1.29 is 18.0 Å². The fourth-order valence-electron chi connectivity index (χ4n) is 3.89. The normalized spacial score (nSPS) is 12.8. The minimum atomic E-state index is -4.11. The number of hydrogen-bond donors (Lipinski definition) is 1. The lowest BCUT2D eigenvalue weighted by molar-refractivity contribution is -0.139. The highest BCUT2D eigenvalue weighted by Crippen LogP contribution is 2.25. The smallest absolute Gasteiger partial charge is 0.264 e. The van der Waals surface area contributed by atoms with Crippen LogP contribution in [-0.4, -0.2) is 50.3 Å². The minimum Gasteiger partial charge on any atom is -0.352 e. The summed E-state index contributed by atoms with van der Waals surface area (Å²) in [6.07, 6.45) is 1.26. The van der Waals surface area contributed by atoms with E-state index in [-0.39, 0.29) is 23.4 Å². The summed E-state index contributed by atoms with van der Waals surface area (Å²) < 4.78 is 28.5. The predicted molar refractivity (Wildman–Crippen MR) is 152 cm³/mol. The summed E-state index contributed by atoms with van der Waals surface area (Å²) in [6, 6.07) is 23.1. The predicted octanol–water partition coefficient (Wildman–Crippen LogP) is 4.91. The van der Waals surface area contributed by atoms with Crippen LogP contribution in [0.4, 0.5) is 5.69 Å². The van der Waals surface area contributed by atoms with E-state index in [1.54, 1.807) is 37.3 Å². The quantitative estimate of drug-likeness (QED) is 0.344. The van der Waals surface area contributed by atoms with Gasteiger partial charge >= 0.3 is 0 Å². The van der Waals surface area contributed by atoms with Gasteiger partial charge in [0, 0.05) is 17.6 Å². The number of nitrogens with zero attached hydrogens (tertiary/aromatic N) is 2. The molecule has 0 radical (unpaired) electrons. The first kappa shape index (κ1) is 29.2. The Morgan fingerprint density at radius 2 is 1.47 bits per heavy atom. The molecule has 9 heteroatoms. The largest absolute Gasteiger partial charge is 0.352 e. The lowest BCUT2D eigenvalue weighted by Gasteiger charge is -2.32. The van der Waals surface area contributed by atoms with Crippen LogP contribution in [0.5, 0.6) is 0 Å². The first-order valence-electron chi connectivity index (χ1n) is 12.6. The number of halogens is 1. The standard InChI is InChI=1S/C29H34ClN3O4S/c1-4-22(2)31-29(35)23(3)32(20-19-24-11-7-5-8-12-24)28(34)21-33(26-13-9-6-10-14-26)38(36,37)27-17-15-25(30)16-18-27/h5-18,22-23H,4,19-21H2,1-3H3,(H,31,35)/t22-,23+/m0/s1. The number of para-hydroxylation sites is 1. The SMILES string of the molecule is CC[C@H](C)NC(=O)[C@@H](C)N(CCc1ccccc1)C(=O)CN(c1ccccc1)S(=O)(=O)c1ccc(Cl)cc1. The molecule has 3 aromatic carbocycles. The molecule has 38 heavy (non-hydrogen) atoms. The maximum atomic E-state index is 13.8. The van der Waals surface area contributed by atoms with Crippen molar-refractivity contribution in [3.05, 3.63) is 95.5 Å². The van der Waals surface area contributed by atoms with Crippen LogP contribution in [0.2, 0.25) is 5.02 Å². The van der Waals surface area contributed by atoms with Gasteiger partial charge in [-0.05, 0) is 68.7 Å². The molecular formula is C29H34ClN3O4S. The van der Waals surface area contributed by atoms with Gasteiger partial charge in [0.1, 0.15) is 12.6 Å². The van der Waals surface area contributed by atoms with Crippen LogP contribution in [0.1, 0.15) is 32.8 Å². The van der Waals surface area contributed by atoms with Gasteiger partial charge < -0.3 is 10.2 Å². The first-order valence-corrected chi connectivity index (χ1v) is 14.4. The van der Waals surface area contributed by atoms with Crippen LogP contribution in [0, 0.1) is 0 Å². The second-order valence-corrected chi connectivity index (χ2v) is 11.4. The van der Waals surface area contributed by atoms with Crippen LogP contribution in [0.3, 0.4) is 0 Å². The van der Waals surface area contributed by atoms with E-state index in [2.05, 4.69) is 5.32 Å². The Balaban J connectivity index is 1.94. The van der Waals surface area contributed by atoms with Gasteiger partial charge in [-0.3, -0.25) is 13.9 Å². The first-order chi connectivity index (χ1) is 18.1. The minimum absolute atomic E-state index is 0.0111. The Morgan fingerprint density at radius 3 is 2.05 bits per heavy atom. The van der Waals surface area contributed by atoms with Gasteiger partial charge in [-0.25, -0.2) is 8.42 Å². The van der Waals surface area contributed by atoms with E-state index in [4.69, 9.17) is 11.6 Å². The molecule has 2 atom stereocenters. The van der Waals surface area contributed by atoms with Crippen LogP contribution >= 0.6 is 11.6 Å². The monoisotopic (exact) mass is 555 g/mol. The summed E-state index contributed by atoms with van der Waals surface area (Å²) in [5.74, 6) is -0.762. The van der Waals surface area contributed by atoms with E-state index >= 15 is 0 Å². The molecule has 0 unspecified atom stereocenters. The van der Waals surface area contributed by atoms with E-state index in [9.17, 15) is 18.0 Å². The number of anilines is 1. The van der Waals surface area contributed by atoms with Gasteiger partial charge in [0.2, 0.25) is 11.8 Å². The summed E-state index contributed by atoms with van der Waals surface area (Å²) in [5, 5.41) is 3.33. The number of amides is 2. The summed E-state index contributed by atoms with van der Waals surface area (Å²) in [5.41, 5.74) is 1.35. The maximum Gasteiger partial charge on any atom is 0.264 e. The number of benzene rings is 3. The van der Waals surface area contributed by atoms with E-state index in [0.29, 0.717) is 17.1 Å². The van der Waals surface area contributed by atoms with Gasteiger partial charge in [0.25, 0.3) is 10.0 Å². The molecular weight excluding hydrogens is 522 g/mol.